The van der Waals surface area contributed by atoms with Gasteiger partial charge in [-0.1, -0.05) is 6.92 Å². The van der Waals surface area contributed by atoms with Crippen LogP contribution in [0.3, 0.4) is 0 Å². The molecule has 4 heteroatoms. The molecular formula is C9H18O4. The zero-order chi connectivity index (χ0) is 10.3. The molecule has 1 rings (SSSR count). The molecule has 4 nitrogen and oxygen atoms in total. The fourth-order valence-corrected chi connectivity index (χ4v) is 1.69. The van der Waals surface area contributed by atoms with Gasteiger partial charge in [0.05, 0.1) is 12.2 Å². The summed E-state index contributed by atoms with van der Waals surface area (Å²) in [6, 6.07) is 0. The van der Waals surface area contributed by atoms with E-state index in [4.69, 9.17) is 4.74 Å². The molecule has 0 amide bonds. The third-order valence-electron chi connectivity index (χ3n) is 3.09. The lowest BCUT2D eigenvalue weighted by Gasteiger charge is -2.47. The maximum Gasteiger partial charge on any atom is 0.197 e. The minimum absolute atomic E-state index is 0.263. The number of hydrogen-bond acceptors (Lipinski definition) is 4. The van der Waals surface area contributed by atoms with Gasteiger partial charge in [-0.3, -0.25) is 0 Å². The van der Waals surface area contributed by atoms with Crippen LogP contribution in [0.25, 0.3) is 0 Å². The Morgan fingerprint density at radius 3 is 2.38 bits per heavy atom. The minimum atomic E-state index is -1.62. The SMILES string of the molecule is CC(O)C1(O)OCCC(C)(O)C1C. The molecular weight excluding hydrogens is 172 g/mol. The maximum absolute atomic E-state index is 9.92. The number of ether oxygens (including phenoxy) is 1. The molecule has 0 aromatic heterocycles. The normalized spacial score (nSPS) is 48.9. The van der Waals surface area contributed by atoms with Gasteiger partial charge in [0, 0.05) is 5.92 Å². The van der Waals surface area contributed by atoms with Gasteiger partial charge >= 0.3 is 0 Å². The first-order valence-corrected chi connectivity index (χ1v) is 4.57. The van der Waals surface area contributed by atoms with E-state index < -0.39 is 23.4 Å². The lowest BCUT2D eigenvalue weighted by molar-refractivity contribution is -0.329. The summed E-state index contributed by atoms with van der Waals surface area (Å²) in [6.07, 6.45) is -0.530. The summed E-state index contributed by atoms with van der Waals surface area (Å²) in [7, 11) is 0. The highest BCUT2D eigenvalue weighted by Gasteiger charge is 2.51. The lowest BCUT2D eigenvalue weighted by Crippen LogP contribution is -2.60. The number of hydrogen-bond donors (Lipinski definition) is 3. The standard InChI is InChI=1S/C9H18O4/c1-6-8(3,11)4-5-13-9(6,12)7(2)10/h6-7,10-12H,4-5H2,1-3H3. The molecule has 1 saturated heterocycles. The molecule has 1 fully saturated rings. The van der Waals surface area contributed by atoms with E-state index in [0.717, 1.165) is 0 Å². The van der Waals surface area contributed by atoms with Crippen molar-refractivity contribution in [3.63, 3.8) is 0 Å². The first-order chi connectivity index (χ1) is 5.81. The smallest absolute Gasteiger partial charge is 0.197 e. The van der Waals surface area contributed by atoms with Crippen LogP contribution in [0.15, 0.2) is 0 Å². The van der Waals surface area contributed by atoms with Crippen molar-refractivity contribution >= 4 is 0 Å². The second kappa shape index (κ2) is 3.20. The van der Waals surface area contributed by atoms with Crippen molar-refractivity contribution in [3.05, 3.63) is 0 Å². The summed E-state index contributed by atoms with van der Waals surface area (Å²) in [5, 5.41) is 29.1. The highest BCUT2D eigenvalue weighted by molar-refractivity contribution is 4.95. The second-order valence-electron chi connectivity index (χ2n) is 4.11. The maximum atomic E-state index is 9.92. The Balaban J connectivity index is 2.88. The summed E-state index contributed by atoms with van der Waals surface area (Å²) in [4.78, 5) is 0. The van der Waals surface area contributed by atoms with Gasteiger partial charge in [0.15, 0.2) is 5.79 Å². The third-order valence-corrected chi connectivity index (χ3v) is 3.09. The van der Waals surface area contributed by atoms with Crippen molar-refractivity contribution in [1.82, 2.24) is 0 Å². The molecule has 1 heterocycles. The van der Waals surface area contributed by atoms with E-state index in [9.17, 15) is 15.3 Å². The summed E-state index contributed by atoms with van der Waals surface area (Å²) in [5.41, 5.74) is -0.982. The summed E-state index contributed by atoms with van der Waals surface area (Å²) in [5.74, 6) is -2.13. The van der Waals surface area contributed by atoms with Gasteiger partial charge in [-0.25, -0.2) is 0 Å². The second-order valence-corrected chi connectivity index (χ2v) is 4.11. The fourth-order valence-electron chi connectivity index (χ4n) is 1.69. The largest absolute Gasteiger partial charge is 0.390 e. The van der Waals surface area contributed by atoms with E-state index >= 15 is 0 Å². The molecule has 0 aromatic carbocycles. The molecule has 4 atom stereocenters. The quantitative estimate of drug-likeness (QED) is 0.538. The molecule has 78 valence electrons. The van der Waals surface area contributed by atoms with Gasteiger partial charge in [0.2, 0.25) is 0 Å². The van der Waals surface area contributed by atoms with Crippen molar-refractivity contribution < 1.29 is 20.1 Å². The fraction of sp³-hybridized carbons (Fsp3) is 1.00. The molecule has 0 spiro atoms. The highest BCUT2D eigenvalue weighted by atomic mass is 16.6. The van der Waals surface area contributed by atoms with Crippen molar-refractivity contribution in [2.24, 2.45) is 5.92 Å². The van der Waals surface area contributed by atoms with Crippen LogP contribution in [0, 0.1) is 5.92 Å². The van der Waals surface area contributed by atoms with Crippen LogP contribution in [-0.4, -0.2) is 39.4 Å². The van der Waals surface area contributed by atoms with Crippen LogP contribution < -0.4 is 0 Å². The molecule has 1 aliphatic heterocycles. The van der Waals surface area contributed by atoms with Crippen LogP contribution in [0.2, 0.25) is 0 Å². The predicted octanol–water partition coefficient (Wildman–Crippen LogP) is -0.137. The Kier molecular flexibility index (Phi) is 2.69. The van der Waals surface area contributed by atoms with E-state index in [1.807, 2.05) is 0 Å². The average Bonchev–Trinajstić information content (AvgIpc) is 1.99. The van der Waals surface area contributed by atoms with Gasteiger partial charge in [0.1, 0.15) is 6.10 Å². The van der Waals surface area contributed by atoms with E-state index in [1.165, 1.54) is 6.92 Å². The molecule has 3 N–H and O–H groups in total. The monoisotopic (exact) mass is 190 g/mol. The zero-order valence-corrected chi connectivity index (χ0v) is 8.32. The first-order valence-electron chi connectivity index (χ1n) is 4.57. The number of rotatable bonds is 1. The first kappa shape index (κ1) is 10.9. The van der Waals surface area contributed by atoms with Crippen LogP contribution in [0.4, 0.5) is 0 Å². The van der Waals surface area contributed by atoms with E-state index in [1.54, 1.807) is 13.8 Å². The highest BCUT2D eigenvalue weighted by Crippen LogP contribution is 2.38. The molecule has 0 bridgehead atoms. The van der Waals surface area contributed by atoms with Gasteiger partial charge < -0.3 is 20.1 Å². The Bertz CT molecular complexity index is 190. The Hall–Kier alpha value is -0.160. The van der Waals surface area contributed by atoms with Crippen molar-refractivity contribution in [1.29, 1.82) is 0 Å². The third kappa shape index (κ3) is 1.72. The lowest BCUT2D eigenvalue weighted by atomic mass is 9.78. The Labute approximate surface area is 78.1 Å². The summed E-state index contributed by atoms with van der Waals surface area (Å²) >= 11 is 0. The molecule has 0 aliphatic carbocycles. The van der Waals surface area contributed by atoms with Crippen LogP contribution >= 0.6 is 0 Å². The van der Waals surface area contributed by atoms with E-state index in [0.29, 0.717) is 6.42 Å². The molecule has 0 aromatic rings. The van der Waals surface area contributed by atoms with E-state index in [2.05, 4.69) is 0 Å². The van der Waals surface area contributed by atoms with Crippen LogP contribution in [0.5, 0.6) is 0 Å². The summed E-state index contributed by atoms with van der Waals surface area (Å²) < 4.78 is 5.12. The van der Waals surface area contributed by atoms with Gasteiger partial charge in [-0.2, -0.15) is 0 Å². The van der Waals surface area contributed by atoms with Crippen LogP contribution in [-0.2, 0) is 4.74 Å². The number of aliphatic hydroxyl groups excluding tert-OH is 1. The van der Waals surface area contributed by atoms with Crippen molar-refractivity contribution in [2.45, 2.75) is 44.7 Å². The predicted molar refractivity (Wildman–Crippen MR) is 47.0 cm³/mol. The molecule has 0 radical (unpaired) electrons. The van der Waals surface area contributed by atoms with Crippen molar-refractivity contribution in [3.8, 4) is 0 Å². The van der Waals surface area contributed by atoms with Gasteiger partial charge in [-0.15, -0.1) is 0 Å². The number of aliphatic hydroxyl groups is 3. The molecule has 4 unspecified atom stereocenters. The Morgan fingerprint density at radius 2 is 2.00 bits per heavy atom. The molecule has 13 heavy (non-hydrogen) atoms. The average molecular weight is 190 g/mol. The van der Waals surface area contributed by atoms with Crippen LogP contribution in [0.1, 0.15) is 27.2 Å². The Morgan fingerprint density at radius 1 is 1.46 bits per heavy atom. The van der Waals surface area contributed by atoms with E-state index in [-0.39, 0.29) is 6.61 Å². The zero-order valence-electron chi connectivity index (χ0n) is 8.32. The van der Waals surface area contributed by atoms with Gasteiger partial charge in [0.25, 0.3) is 0 Å². The summed E-state index contributed by atoms with van der Waals surface area (Å²) in [6.45, 7) is 5.04. The topological polar surface area (TPSA) is 69.9 Å². The minimum Gasteiger partial charge on any atom is -0.390 e. The molecule has 0 saturated carbocycles. The van der Waals surface area contributed by atoms with Crippen molar-refractivity contribution in [2.75, 3.05) is 6.61 Å². The van der Waals surface area contributed by atoms with Gasteiger partial charge in [-0.05, 0) is 20.3 Å². The molecule has 1 aliphatic rings.